The lowest BCUT2D eigenvalue weighted by Gasteiger charge is -2.48. The van der Waals surface area contributed by atoms with Crippen LogP contribution in [-0.4, -0.2) is 45.9 Å². The van der Waals surface area contributed by atoms with Gasteiger partial charge in [0.15, 0.2) is 0 Å². The van der Waals surface area contributed by atoms with Gasteiger partial charge in [-0.15, -0.1) is 0 Å². The van der Waals surface area contributed by atoms with Crippen LogP contribution in [0.4, 0.5) is 9.18 Å². The molecule has 3 saturated heterocycles. The maximum absolute atomic E-state index is 13.0. The van der Waals surface area contributed by atoms with Gasteiger partial charge >= 0.3 is 6.03 Å². The third kappa shape index (κ3) is 2.82. The van der Waals surface area contributed by atoms with Crippen molar-refractivity contribution in [3.8, 4) is 11.1 Å². The molecule has 3 aliphatic rings. The van der Waals surface area contributed by atoms with E-state index in [1.54, 1.807) is 24.5 Å². The van der Waals surface area contributed by atoms with Gasteiger partial charge in [0.2, 0.25) is 0 Å². The maximum atomic E-state index is 13.0. The van der Waals surface area contributed by atoms with Crippen LogP contribution < -0.4 is 5.32 Å². The minimum atomic E-state index is -0.277. The van der Waals surface area contributed by atoms with Crippen LogP contribution >= 0.6 is 0 Å². The molecule has 5 nitrogen and oxygen atoms in total. The summed E-state index contributed by atoms with van der Waals surface area (Å²) in [6.07, 6.45) is 5.61. The van der Waals surface area contributed by atoms with E-state index >= 15 is 0 Å². The van der Waals surface area contributed by atoms with Gasteiger partial charge in [0.05, 0.1) is 6.20 Å². The average molecular weight is 328 g/mol. The second kappa shape index (κ2) is 6.02. The molecule has 2 bridgehead atoms. The Labute approximate surface area is 140 Å². The molecule has 3 fully saturated rings. The third-order valence-corrected chi connectivity index (χ3v) is 5.33. The highest BCUT2D eigenvalue weighted by atomic mass is 19.1. The Hall–Kier alpha value is -2.21. The number of amides is 1. The lowest BCUT2D eigenvalue weighted by atomic mass is 9.80. The van der Waals surface area contributed by atoms with Gasteiger partial charge in [-0.3, -0.25) is 4.90 Å². The molecule has 6 heteroatoms. The lowest BCUT2D eigenvalue weighted by molar-refractivity contribution is 0.0321. The summed E-state index contributed by atoms with van der Waals surface area (Å²) in [6, 6.07) is 6.79. The van der Waals surface area contributed by atoms with E-state index in [0.29, 0.717) is 12.0 Å². The summed E-state index contributed by atoms with van der Waals surface area (Å²) in [4.78, 5) is 14.9. The standard InChI is InChI=1S/C18H21FN4O/c1-12-8-14-6-7-22(12)11-17(14)21-18(24)23-10-15(9-20-23)13-2-4-16(19)5-3-13/h2-5,9-10,12,14,17H,6-8,11H2,1H3,(H,21,24)/t12?,14?,17-/m0/s1. The molecule has 1 aromatic carbocycles. The number of nitrogens with one attached hydrogen (secondary N) is 1. The number of carbonyl (C=O) groups excluding carboxylic acids is 1. The van der Waals surface area contributed by atoms with Crippen molar-refractivity contribution in [1.29, 1.82) is 0 Å². The molecule has 1 aromatic heterocycles. The van der Waals surface area contributed by atoms with Gasteiger partial charge in [-0.1, -0.05) is 12.1 Å². The highest BCUT2D eigenvalue weighted by molar-refractivity contribution is 5.77. The summed E-state index contributed by atoms with van der Waals surface area (Å²) in [7, 11) is 0. The summed E-state index contributed by atoms with van der Waals surface area (Å²) in [6.45, 7) is 4.31. The molecule has 24 heavy (non-hydrogen) atoms. The number of piperidine rings is 3. The number of halogens is 1. The molecule has 1 amide bonds. The Morgan fingerprint density at radius 3 is 2.75 bits per heavy atom. The summed E-state index contributed by atoms with van der Waals surface area (Å²) >= 11 is 0. The third-order valence-electron chi connectivity index (χ3n) is 5.33. The van der Waals surface area contributed by atoms with Crippen LogP contribution in [0.15, 0.2) is 36.7 Å². The van der Waals surface area contributed by atoms with Gasteiger partial charge in [-0.25, -0.2) is 9.18 Å². The predicted molar refractivity (Wildman–Crippen MR) is 89.1 cm³/mol. The van der Waals surface area contributed by atoms with Crippen LogP contribution in [0, 0.1) is 11.7 Å². The number of carbonyl (C=O) groups is 1. The summed E-state index contributed by atoms with van der Waals surface area (Å²) in [5.41, 5.74) is 1.64. The second-order valence-electron chi connectivity index (χ2n) is 6.86. The monoisotopic (exact) mass is 328 g/mol. The topological polar surface area (TPSA) is 50.2 Å². The second-order valence-corrected chi connectivity index (χ2v) is 6.86. The first-order valence-electron chi connectivity index (χ1n) is 8.45. The number of rotatable bonds is 2. The largest absolute Gasteiger partial charge is 0.342 e. The fourth-order valence-corrected chi connectivity index (χ4v) is 3.91. The van der Waals surface area contributed by atoms with Crippen molar-refractivity contribution in [2.75, 3.05) is 13.1 Å². The van der Waals surface area contributed by atoms with Crippen molar-refractivity contribution in [3.63, 3.8) is 0 Å². The quantitative estimate of drug-likeness (QED) is 0.922. The Bertz CT molecular complexity index is 742. The zero-order valence-electron chi connectivity index (χ0n) is 13.7. The number of hydrogen-bond donors (Lipinski definition) is 1. The van der Waals surface area contributed by atoms with E-state index in [0.717, 1.165) is 37.1 Å². The Balaban J connectivity index is 1.45. The van der Waals surface area contributed by atoms with Gasteiger partial charge in [0.1, 0.15) is 5.82 Å². The molecular formula is C18H21FN4O. The average Bonchev–Trinajstić information content (AvgIpc) is 3.07. The Morgan fingerprint density at radius 1 is 1.29 bits per heavy atom. The number of benzene rings is 1. The lowest BCUT2D eigenvalue weighted by Crippen LogP contribution is -2.60. The van der Waals surface area contributed by atoms with Crippen molar-refractivity contribution in [2.24, 2.45) is 5.92 Å². The van der Waals surface area contributed by atoms with Gasteiger partial charge in [0, 0.05) is 30.4 Å². The summed E-state index contributed by atoms with van der Waals surface area (Å²) in [5.74, 6) is 0.279. The molecule has 126 valence electrons. The summed E-state index contributed by atoms with van der Waals surface area (Å²) in [5, 5.41) is 7.28. The molecule has 2 aromatic rings. The van der Waals surface area contributed by atoms with Crippen LogP contribution in [-0.2, 0) is 0 Å². The van der Waals surface area contributed by atoms with Crippen molar-refractivity contribution >= 4 is 6.03 Å². The maximum Gasteiger partial charge on any atom is 0.342 e. The van der Waals surface area contributed by atoms with Gasteiger partial charge in [-0.2, -0.15) is 9.78 Å². The normalized spacial score (nSPS) is 28.8. The van der Waals surface area contributed by atoms with Gasteiger partial charge < -0.3 is 5.32 Å². The van der Waals surface area contributed by atoms with E-state index in [4.69, 9.17) is 0 Å². The minimum Gasteiger partial charge on any atom is -0.332 e. The highest BCUT2D eigenvalue weighted by Gasteiger charge is 2.38. The minimum absolute atomic E-state index is 0.195. The van der Waals surface area contributed by atoms with E-state index < -0.39 is 0 Å². The predicted octanol–water partition coefficient (Wildman–Crippen LogP) is 2.73. The summed E-state index contributed by atoms with van der Waals surface area (Å²) < 4.78 is 14.3. The fourth-order valence-electron chi connectivity index (χ4n) is 3.91. The molecule has 0 spiro atoms. The van der Waals surface area contributed by atoms with E-state index in [2.05, 4.69) is 22.2 Å². The molecule has 0 saturated carbocycles. The fraction of sp³-hybridized carbons (Fsp3) is 0.444. The number of aromatic nitrogens is 2. The molecular weight excluding hydrogens is 307 g/mol. The van der Waals surface area contributed by atoms with Crippen molar-refractivity contribution in [3.05, 3.63) is 42.5 Å². The van der Waals surface area contributed by atoms with Crippen LogP contribution in [0.5, 0.6) is 0 Å². The highest BCUT2D eigenvalue weighted by Crippen LogP contribution is 2.32. The van der Waals surface area contributed by atoms with Crippen LogP contribution in [0.3, 0.4) is 0 Å². The first kappa shape index (κ1) is 15.3. The van der Waals surface area contributed by atoms with E-state index in [9.17, 15) is 9.18 Å². The van der Waals surface area contributed by atoms with Crippen LogP contribution in [0.2, 0.25) is 0 Å². The first-order chi connectivity index (χ1) is 11.6. The van der Waals surface area contributed by atoms with E-state index in [-0.39, 0.29) is 17.9 Å². The van der Waals surface area contributed by atoms with Crippen LogP contribution in [0.1, 0.15) is 19.8 Å². The van der Waals surface area contributed by atoms with Gasteiger partial charge in [-0.05, 0) is 49.9 Å². The Morgan fingerprint density at radius 2 is 2.08 bits per heavy atom. The molecule has 4 atom stereocenters. The zero-order chi connectivity index (χ0) is 16.7. The number of hydrogen-bond acceptors (Lipinski definition) is 3. The number of nitrogens with zero attached hydrogens (tertiary/aromatic N) is 3. The van der Waals surface area contributed by atoms with Crippen molar-refractivity contribution in [1.82, 2.24) is 20.0 Å². The van der Waals surface area contributed by atoms with Gasteiger partial charge in [0.25, 0.3) is 0 Å². The SMILES string of the molecule is CC1CC2CCN1C[C@@H]2NC(=O)n1cc(-c2ccc(F)cc2)cn1. The molecule has 5 rings (SSSR count). The van der Waals surface area contributed by atoms with E-state index in [1.165, 1.54) is 16.8 Å². The first-order valence-corrected chi connectivity index (χ1v) is 8.45. The molecule has 3 unspecified atom stereocenters. The number of fused-ring (bicyclic) bond motifs is 3. The molecule has 0 aliphatic carbocycles. The molecule has 3 aliphatic heterocycles. The smallest absolute Gasteiger partial charge is 0.332 e. The van der Waals surface area contributed by atoms with Crippen molar-refractivity contribution < 1.29 is 9.18 Å². The zero-order valence-corrected chi connectivity index (χ0v) is 13.7. The van der Waals surface area contributed by atoms with E-state index in [1.807, 2.05) is 0 Å². The van der Waals surface area contributed by atoms with Crippen LogP contribution in [0.25, 0.3) is 11.1 Å². The molecule has 4 heterocycles. The molecule has 1 N–H and O–H groups in total. The Kier molecular flexibility index (Phi) is 3.84. The van der Waals surface area contributed by atoms with Crippen molar-refractivity contribution in [2.45, 2.75) is 31.8 Å². The molecule has 0 radical (unpaired) electrons.